The number of aromatic nitrogens is 2. The molecule has 0 saturated heterocycles. The van der Waals surface area contributed by atoms with Gasteiger partial charge >= 0.3 is 0 Å². The Morgan fingerprint density at radius 1 is 0.656 bits per heavy atom. The van der Waals surface area contributed by atoms with Gasteiger partial charge in [0.1, 0.15) is 0 Å². The SMILES string of the molecule is C=C/C=C\C(=C/C)c1ccc(N(c2ccc(C)cc2)c2ccc3c4ccccc4n(-c4ccc(C(/C=C/C=CCC=N)=C/Cc5ccc[nH]5)cc4)c3c2)cc1.CC.CC.CC. The maximum Gasteiger partial charge on any atom is 0.0561 e. The van der Waals surface area contributed by atoms with Crippen molar-refractivity contribution in [2.45, 2.75) is 68.2 Å². The van der Waals surface area contributed by atoms with Crippen molar-refractivity contribution in [3.05, 3.63) is 217 Å². The number of nitrogens with one attached hydrogen (secondary N) is 2. The Labute approximate surface area is 365 Å². The maximum absolute atomic E-state index is 7.32. The summed E-state index contributed by atoms with van der Waals surface area (Å²) in [4.78, 5) is 5.66. The molecular weight excluding hydrogens is 741 g/mol. The van der Waals surface area contributed by atoms with Crippen molar-refractivity contribution in [3.8, 4) is 5.69 Å². The van der Waals surface area contributed by atoms with Crippen LogP contribution in [0.4, 0.5) is 17.1 Å². The van der Waals surface area contributed by atoms with E-state index in [4.69, 9.17) is 5.41 Å². The first-order valence-corrected chi connectivity index (χ1v) is 21.8. The summed E-state index contributed by atoms with van der Waals surface area (Å²) < 4.78 is 2.39. The van der Waals surface area contributed by atoms with E-state index in [1.165, 1.54) is 33.8 Å². The Bertz CT molecular complexity index is 2550. The molecule has 4 heteroatoms. The molecule has 7 rings (SSSR count). The number of nitrogens with zero attached hydrogens (tertiary/aromatic N) is 2. The lowest BCUT2D eigenvalue weighted by molar-refractivity contribution is 1.15. The van der Waals surface area contributed by atoms with Gasteiger partial charge in [-0.3, -0.25) is 0 Å². The molecule has 0 aliphatic heterocycles. The van der Waals surface area contributed by atoms with Crippen LogP contribution in [0.1, 0.15) is 77.3 Å². The first-order valence-electron chi connectivity index (χ1n) is 21.8. The van der Waals surface area contributed by atoms with Crippen molar-refractivity contribution >= 4 is 56.2 Å². The average molecular weight is 805 g/mol. The Balaban J connectivity index is 0.00000131. The minimum Gasteiger partial charge on any atom is -0.365 e. The third-order valence-electron chi connectivity index (χ3n) is 9.83. The third kappa shape index (κ3) is 11.9. The van der Waals surface area contributed by atoms with Crippen LogP contribution in [0.2, 0.25) is 0 Å². The molecule has 0 unspecified atom stereocenters. The maximum atomic E-state index is 7.32. The molecule has 0 saturated carbocycles. The number of aryl methyl sites for hydroxylation is 1. The van der Waals surface area contributed by atoms with Crippen LogP contribution in [-0.2, 0) is 6.42 Å². The lowest BCUT2D eigenvalue weighted by Crippen LogP contribution is -2.10. The number of H-pyrrole nitrogens is 1. The Hall–Kier alpha value is -6.91. The highest BCUT2D eigenvalue weighted by Gasteiger charge is 2.18. The number of fused-ring (bicyclic) bond motifs is 3. The van der Waals surface area contributed by atoms with Crippen LogP contribution in [0.25, 0.3) is 38.6 Å². The van der Waals surface area contributed by atoms with E-state index in [9.17, 15) is 0 Å². The first kappa shape index (κ1) is 46.8. The number of hydrogen-bond acceptors (Lipinski definition) is 2. The molecule has 4 nitrogen and oxygen atoms in total. The molecule has 0 amide bonds. The molecule has 312 valence electrons. The Morgan fingerprint density at radius 2 is 1.26 bits per heavy atom. The zero-order valence-corrected chi connectivity index (χ0v) is 37.5. The van der Waals surface area contributed by atoms with Crippen molar-refractivity contribution in [2.24, 2.45) is 0 Å². The monoisotopic (exact) mass is 805 g/mol. The molecule has 5 aromatic carbocycles. The zero-order valence-electron chi connectivity index (χ0n) is 37.5. The number of hydrogen-bond donors (Lipinski definition) is 2. The molecule has 0 aliphatic carbocycles. The van der Waals surface area contributed by atoms with E-state index in [2.05, 4.69) is 187 Å². The number of para-hydroxylation sites is 1. The first-order chi connectivity index (χ1) is 30.1. The van der Waals surface area contributed by atoms with E-state index in [1.807, 2.05) is 72.0 Å². The Morgan fingerprint density at radius 3 is 1.90 bits per heavy atom. The van der Waals surface area contributed by atoms with E-state index in [-0.39, 0.29) is 0 Å². The summed E-state index contributed by atoms with van der Waals surface area (Å²) in [5.74, 6) is 0. The van der Waals surface area contributed by atoms with Crippen LogP contribution in [0.3, 0.4) is 0 Å². The van der Waals surface area contributed by atoms with Gasteiger partial charge in [-0.25, -0.2) is 0 Å². The van der Waals surface area contributed by atoms with Gasteiger partial charge in [0.05, 0.1) is 11.0 Å². The molecule has 7 aromatic rings. The van der Waals surface area contributed by atoms with E-state index < -0.39 is 0 Å². The summed E-state index contributed by atoms with van der Waals surface area (Å²) in [6.07, 6.45) is 23.3. The fraction of sp³-hybridized carbons (Fsp3) is 0.175. The summed E-state index contributed by atoms with van der Waals surface area (Å²) in [7, 11) is 0. The predicted molar refractivity (Wildman–Crippen MR) is 271 cm³/mol. The van der Waals surface area contributed by atoms with Crippen molar-refractivity contribution in [1.82, 2.24) is 9.55 Å². The highest BCUT2D eigenvalue weighted by molar-refractivity contribution is 6.10. The molecule has 61 heavy (non-hydrogen) atoms. The fourth-order valence-corrected chi connectivity index (χ4v) is 7.03. The quantitative estimate of drug-likeness (QED) is 0.0835. The smallest absolute Gasteiger partial charge is 0.0561 e. The van der Waals surface area contributed by atoms with Crippen molar-refractivity contribution in [2.75, 3.05) is 4.90 Å². The standard InChI is InChI=1S/C51H46N4.3C2H6/c1-4-6-14-39(5-2)41-22-29-45(30-23-41)54(44-27-19-38(3)20-28-44)47-33-34-49-48-17-10-11-18-50(48)55(51(49)37-47)46-31-24-42(25-32-46)40(15-9-7-8-12-35-52)21-26-43-16-13-36-53-43;3*1-2/h4-11,13-25,27-37,52-53H,1,12,26H2,2-3H3;3*1-2H3/b8-7?,14-6-,15-9+,39-5+,40-21+,52-35?;;;. The lowest BCUT2D eigenvalue weighted by Gasteiger charge is -2.26. The third-order valence-corrected chi connectivity index (χ3v) is 9.83. The van der Waals surface area contributed by atoms with Gasteiger partial charge in [-0.15, -0.1) is 0 Å². The molecular formula is C57H64N4. The topological polar surface area (TPSA) is 47.8 Å². The van der Waals surface area contributed by atoms with Crippen LogP contribution < -0.4 is 4.90 Å². The van der Waals surface area contributed by atoms with Gasteiger partial charge < -0.3 is 19.9 Å². The summed E-state index contributed by atoms with van der Waals surface area (Å²) in [6, 6.07) is 46.1. The molecule has 0 atom stereocenters. The minimum absolute atomic E-state index is 0.627. The van der Waals surface area contributed by atoms with Crippen LogP contribution >= 0.6 is 0 Å². The van der Waals surface area contributed by atoms with Gasteiger partial charge in [-0.1, -0.05) is 169 Å². The van der Waals surface area contributed by atoms with Crippen molar-refractivity contribution in [1.29, 1.82) is 5.41 Å². The van der Waals surface area contributed by atoms with E-state index in [0.717, 1.165) is 57.0 Å². The number of rotatable bonds is 14. The van der Waals surface area contributed by atoms with E-state index in [1.54, 1.807) is 6.08 Å². The average Bonchev–Trinajstić information content (AvgIpc) is 3.97. The molecule has 2 aromatic heterocycles. The van der Waals surface area contributed by atoms with Crippen LogP contribution in [0.15, 0.2) is 195 Å². The predicted octanol–water partition coefficient (Wildman–Crippen LogP) is 16.9. The number of benzene rings is 5. The summed E-state index contributed by atoms with van der Waals surface area (Å²) >= 11 is 0. The second-order valence-electron chi connectivity index (χ2n) is 13.4. The molecule has 2 heterocycles. The second kappa shape index (κ2) is 24.9. The molecule has 2 N–H and O–H groups in total. The summed E-state index contributed by atoms with van der Waals surface area (Å²) in [6.45, 7) is 20.0. The summed E-state index contributed by atoms with van der Waals surface area (Å²) in [5.41, 5.74) is 13.7. The van der Waals surface area contributed by atoms with Crippen LogP contribution in [0, 0.1) is 12.3 Å². The fourth-order valence-electron chi connectivity index (χ4n) is 7.03. The van der Waals surface area contributed by atoms with E-state index >= 15 is 0 Å². The minimum atomic E-state index is 0.627. The zero-order chi connectivity index (χ0) is 44.0. The summed E-state index contributed by atoms with van der Waals surface area (Å²) in [5, 5.41) is 9.75. The van der Waals surface area contributed by atoms with Gasteiger partial charge in [0.15, 0.2) is 0 Å². The second-order valence-corrected chi connectivity index (χ2v) is 13.4. The highest BCUT2D eigenvalue weighted by Crippen LogP contribution is 2.40. The van der Waals surface area contributed by atoms with Crippen molar-refractivity contribution in [3.63, 3.8) is 0 Å². The van der Waals surface area contributed by atoms with E-state index in [0.29, 0.717) is 6.42 Å². The normalized spacial score (nSPS) is 11.5. The largest absolute Gasteiger partial charge is 0.365 e. The molecule has 0 spiro atoms. The Kier molecular flexibility index (Phi) is 19.1. The van der Waals surface area contributed by atoms with Gasteiger partial charge in [-0.2, -0.15) is 0 Å². The lowest BCUT2D eigenvalue weighted by atomic mass is 10.0. The van der Waals surface area contributed by atoms with Gasteiger partial charge in [-0.05, 0) is 109 Å². The number of allylic oxidation sites excluding steroid dienone is 11. The number of anilines is 3. The number of aromatic amines is 1. The van der Waals surface area contributed by atoms with Crippen LogP contribution in [-0.4, -0.2) is 15.8 Å². The highest BCUT2D eigenvalue weighted by atomic mass is 15.1. The van der Waals surface area contributed by atoms with Crippen molar-refractivity contribution < 1.29 is 0 Å². The van der Waals surface area contributed by atoms with Gasteiger partial charge in [0, 0.05) is 58.3 Å². The molecule has 0 radical (unpaired) electrons. The van der Waals surface area contributed by atoms with Gasteiger partial charge in [0.2, 0.25) is 0 Å². The molecule has 0 fully saturated rings. The van der Waals surface area contributed by atoms with Crippen LogP contribution in [0.5, 0.6) is 0 Å². The molecule has 0 aliphatic rings. The van der Waals surface area contributed by atoms with Gasteiger partial charge in [0.25, 0.3) is 0 Å². The molecule has 0 bridgehead atoms.